The summed E-state index contributed by atoms with van der Waals surface area (Å²) in [5, 5.41) is 12.9. The molecule has 1 saturated heterocycles. The minimum atomic E-state index is -0.761. The second-order valence-corrected chi connectivity index (χ2v) is 6.83. The molecule has 1 heterocycles. The van der Waals surface area contributed by atoms with Gasteiger partial charge in [0.05, 0.1) is 12.6 Å². The molecule has 0 spiro atoms. The summed E-state index contributed by atoms with van der Waals surface area (Å²) in [6.45, 7) is 4.11. The van der Waals surface area contributed by atoms with Crippen molar-refractivity contribution in [2.24, 2.45) is 0 Å². The number of amides is 2. The van der Waals surface area contributed by atoms with Crippen molar-refractivity contribution in [2.75, 3.05) is 11.9 Å². The number of hydrogen-bond donors (Lipinski definition) is 2. The highest BCUT2D eigenvalue weighted by Gasteiger charge is 2.40. The van der Waals surface area contributed by atoms with Crippen LogP contribution in [0.15, 0.2) is 48.5 Å². The lowest BCUT2D eigenvalue weighted by Gasteiger charge is -2.23. The van der Waals surface area contributed by atoms with Gasteiger partial charge >= 0.3 is 6.09 Å². The fourth-order valence-electron chi connectivity index (χ4n) is 3.17. The summed E-state index contributed by atoms with van der Waals surface area (Å²) in [6.07, 6.45) is -1.16. The zero-order valence-corrected chi connectivity index (χ0v) is 15.5. The van der Waals surface area contributed by atoms with Gasteiger partial charge in [-0.15, -0.1) is 0 Å². The fourth-order valence-corrected chi connectivity index (χ4v) is 3.17. The van der Waals surface area contributed by atoms with Gasteiger partial charge in [0.25, 0.3) is 0 Å². The minimum absolute atomic E-state index is 0.0819. The Hall–Kier alpha value is -2.86. The molecule has 0 aliphatic carbocycles. The van der Waals surface area contributed by atoms with Crippen LogP contribution in [0.5, 0.6) is 0 Å². The average Bonchev–Trinajstić information content (AvgIpc) is 3.06. The third-order valence-corrected chi connectivity index (χ3v) is 4.88. The standard InChI is InChI=1S/C21H24N2O4/c1-14-7-6-10-18(15(14)2)22-20(25)19-11-17(24)12-23(19)21(26)27-13-16-8-4-3-5-9-16/h3-10,17,19,24H,11-13H2,1-2H3,(H,22,25). The Bertz CT molecular complexity index is 822. The predicted octanol–water partition coefficient (Wildman–Crippen LogP) is 3.01. The number of aryl methyl sites for hydroxylation is 1. The number of anilines is 1. The largest absolute Gasteiger partial charge is 0.445 e. The molecule has 2 amide bonds. The van der Waals surface area contributed by atoms with Gasteiger partial charge < -0.3 is 15.2 Å². The topological polar surface area (TPSA) is 78.9 Å². The first-order valence-corrected chi connectivity index (χ1v) is 8.98. The molecule has 1 fully saturated rings. The highest BCUT2D eigenvalue weighted by Crippen LogP contribution is 2.23. The highest BCUT2D eigenvalue weighted by molar-refractivity contribution is 5.97. The Labute approximate surface area is 158 Å². The molecule has 142 valence electrons. The number of hydrogen-bond acceptors (Lipinski definition) is 4. The SMILES string of the molecule is Cc1cccc(NC(=O)C2CC(O)CN2C(=O)OCc2ccccc2)c1C. The molecule has 0 aromatic heterocycles. The van der Waals surface area contributed by atoms with E-state index in [9.17, 15) is 14.7 Å². The number of carbonyl (C=O) groups is 2. The van der Waals surface area contributed by atoms with Crippen LogP contribution in [0.4, 0.5) is 10.5 Å². The first-order valence-electron chi connectivity index (χ1n) is 8.98. The van der Waals surface area contributed by atoms with Crippen LogP contribution in [0.25, 0.3) is 0 Å². The van der Waals surface area contributed by atoms with E-state index in [1.807, 2.05) is 62.4 Å². The molecule has 1 aliphatic heterocycles. The quantitative estimate of drug-likeness (QED) is 0.870. The first kappa shape index (κ1) is 18.9. The highest BCUT2D eigenvalue weighted by atomic mass is 16.6. The molecular formula is C21H24N2O4. The molecule has 2 aromatic rings. The Morgan fingerprint density at radius 1 is 1.15 bits per heavy atom. The van der Waals surface area contributed by atoms with E-state index in [0.29, 0.717) is 5.69 Å². The van der Waals surface area contributed by atoms with Crippen LogP contribution < -0.4 is 5.32 Å². The van der Waals surface area contributed by atoms with Crippen molar-refractivity contribution in [1.82, 2.24) is 4.90 Å². The summed E-state index contributed by atoms with van der Waals surface area (Å²) in [6, 6.07) is 14.2. The zero-order valence-electron chi connectivity index (χ0n) is 15.5. The van der Waals surface area contributed by atoms with Crippen LogP contribution in [0.1, 0.15) is 23.1 Å². The maximum atomic E-state index is 12.7. The number of nitrogens with zero attached hydrogens (tertiary/aromatic N) is 1. The molecule has 6 heteroatoms. The Kier molecular flexibility index (Phi) is 5.76. The number of nitrogens with one attached hydrogen (secondary N) is 1. The van der Waals surface area contributed by atoms with Crippen molar-refractivity contribution in [3.8, 4) is 0 Å². The van der Waals surface area contributed by atoms with Gasteiger partial charge in [-0.2, -0.15) is 0 Å². The molecule has 3 rings (SSSR count). The van der Waals surface area contributed by atoms with Gasteiger partial charge in [-0.1, -0.05) is 42.5 Å². The molecule has 6 nitrogen and oxygen atoms in total. The number of aliphatic hydroxyl groups excluding tert-OH is 1. The third kappa shape index (κ3) is 4.46. The Morgan fingerprint density at radius 2 is 1.89 bits per heavy atom. The van der Waals surface area contributed by atoms with Crippen LogP contribution in [0, 0.1) is 13.8 Å². The molecular weight excluding hydrogens is 344 g/mol. The monoisotopic (exact) mass is 368 g/mol. The van der Waals surface area contributed by atoms with E-state index in [2.05, 4.69) is 5.32 Å². The number of likely N-dealkylation sites (tertiary alicyclic amines) is 1. The van der Waals surface area contributed by atoms with E-state index in [-0.39, 0.29) is 25.5 Å². The minimum Gasteiger partial charge on any atom is -0.445 e. The van der Waals surface area contributed by atoms with E-state index in [1.165, 1.54) is 4.90 Å². The van der Waals surface area contributed by atoms with Gasteiger partial charge in [-0.05, 0) is 36.6 Å². The van der Waals surface area contributed by atoms with Crippen molar-refractivity contribution in [3.05, 3.63) is 65.2 Å². The molecule has 0 saturated carbocycles. The van der Waals surface area contributed by atoms with Crippen LogP contribution in [-0.4, -0.2) is 40.7 Å². The second kappa shape index (κ2) is 8.22. The number of rotatable bonds is 4. The lowest BCUT2D eigenvalue weighted by Crippen LogP contribution is -2.43. The van der Waals surface area contributed by atoms with Crippen LogP contribution >= 0.6 is 0 Å². The van der Waals surface area contributed by atoms with E-state index < -0.39 is 18.2 Å². The zero-order chi connectivity index (χ0) is 19.4. The average molecular weight is 368 g/mol. The lowest BCUT2D eigenvalue weighted by atomic mass is 10.1. The summed E-state index contributed by atoms with van der Waals surface area (Å²) >= 11 is 0. The molecule has 2 atom stereocenters. The number of benzene rings is 2. The van der Waals surface area contributed by atoms with Gasteiger partial charge in [0.15, 0.2) is 0 Å². The van der Waals surface area contributed by atoms with Gasteiger partial charge in [-0.25, -0.2) is 4.79 Å². The van der Waals surface area contributed by atoms with Crippen LogP contribution in [-0.2, 0) is 16.1 Å². The van der Waals surface area contributed by atoms with Gasteiger partial charge in [-0.3, -0.25) is 9.69 Å². The molecule has 2 unspecified atom stereocenters. The summed E-state index contributed by atoms with van der Waals surface area (Å²) in [4.78, 5) is 26.5. The van der Waals surface area contributed by atoms with E-state index in [4.69, 9.17) is 4.74 Å². The Balaban J connectivity index is 1.66. The van der Waals surface area contributed by atoms with Gasteiger partial charge in [0, 0.05) is 12.1 Å². The third-order valence-electron chi connectivity index (χ3n) is 4.88. The lowest BCUT2D eigenvalue weighted by molar-refractivity contribution is -0.120. The molecule has 27 heavy (non-hydrogen) atoms. The number of ether oxygens (including phenoxy) is 1. The summed E-state index contributed by atoms with van der Waals surface area (Å²) in [7, 11) is 0. The van der Waals surface area contributed by atoms with E-state index in [0.717, 1.165) is 16.7 Å². The van der Waals surface area contributed by atoms with Gasteiger partial charge in [0.1, 0.15) is 12.6 Å². The smallest absolute Gasteiger partial charge is 0.410 e. The summed E-state index contributed by atoms with van der Waals surface area (Å²) in [5.74, 6) is -0.322. The predicted molar refractivity (Wildman–Crippen MR) is 102 cm³/mol. The first-order chi connectivity index (χ1) is 13.0. The van der Waals surface area contributed by atoms with Crippen LogP contribution in [0.2, 0.25) is 0 Å². The van der Waals surface area contributed by atoms with Crippen molar-refractivity contribution < 1.29 is 19.4 Å². The van der Waals surface area contributed by atoms with Crippen LogP contribution in [0.3, 0.4) is 0 Å². The summed E-state index contributed by atoms with van der Waals surface area (Å²) < 4.78 is 5.33. The number of β-amino-alcohol motifs (C(OH)–C–C–N with tert-alkyl or cyclic N) is 1. The normalized spacial score (nSPS) is 19.0. The van der Waals surface area contributed by atoms with E-state index >= 15 is 0 Å². The molecule has 2 aromatic carbocycles. The van der Waals surface area contributed by atoms with Gasteiger partial charge in [0.2, 0.25) is 5.91 Å². The second-order valence-electron chi connectivity index (χ2n) is 6.83. The fraction of sp³-hybridized carbons (Fsp3) is 0.333. The maximum Gasteiger partial charge on any atom is 0.410 e. The maximum absolute atomic E-state index is 12.7. The molecule has 0 radical (unpaired) electrons. The molecule has 2 N–H and O–H groups in total. The Morgan fingerprint density at radius 3 is 2.63 bits per heavy atom. The molecule has 1 aliphatic rings. The van der Waals surface area contributed by atoms with Crippen molar-refractivity contribution in [1.29, 1.82) is 0 Å². The number of aliphatic hydroxyl groups is 1. The molecule has 0 bridgehead atoms. The van der Waals surface area contributed by atoms with Crippen molar-refractivity contribution in [2.45, 2.75) is 39.0 Å². The van der Waals surface area contributed by atoms with E-state index in [1.54, 1.807) is 0 Å². The summed E-state index contributed by atoms with van der Waals surface area (Å²) in [5.41, 5.74) is 3.61. The van der Waals surface area contributed by atoms with Crippen molar-refractivity contribution >= 4 is 17.7 Å². The van der Waals surface area contributed by atoms with Crippen molar-refractivity contribution in [3.63, 3.8) is 0 Å². The number of carbonyl (C=O) groups excluding carboxylic acids is 2.